The number of ether oxygens (including phenoxy) is 1. The highest BCUT2D eigenvalue weighted by Crippen LogP contribution is 2.41. The SMILES string of the molecule is Oc1cc(-c2ccc3c(N4CC5CCC(C4)N5)nc(OCC45CCCN4CC(F)C5)nc3c2F)c2ncccc2c1. The number of aromatic nitrogens is 3. The van der Waals surface area contributed by atoms with Gasteiger partial charge in [-0.1, -0.05) is 12.1 Å². The largest absolute Gasteiger partial charge is 0.508 e. The summed E-state index contributed by atoms with van der Waals surface area (Å²) in [5.41, 5.74) is 1.18. The van der Waals surface area contributed by atoms with E-state index in [0.29, 0.717) is 58.3 Å². The van der Waals surface area contributed by atoms with Gasteiger partial charge in [0.1, 0.15) is 29.9 Å². The smallest absolute Gasteiger partial charge is 0.319 e. The molecule has 10 heteroatoms. The maximum atomic E-state index is 16.6. The summed E-state index contributed by atoms with van der Waals surface area (Å²) < 4.78 is 37.2. The first kappa shape index (κ1) is 25.1. The van der Waals surface area contributed by atoms with Crippen LogP contribution in [-0.4, -0.2) is 81.5 Å². The number of hydrogen-bond acceptors (Lipinski definition) is 8. The molecule has 4 saturated heterocycles. The molecule has 4 atom stereocenters. The molecule has 4 unspecified atom stereocenters. The van der Waals surface area contributed by atoms with Gasteiger partial charge < -0.3 is 20.1 Å². The third-order valence-corrected chi connectivity index (χ3v) is 9.49. The van der Waals surface area contributed by atoms with Gasteiger partial charge in [-0.15, -0.1) is 0 Å². The number of halogens is 2. The molecule has 0 amide bonds. The van der Waals surface area contributed by atoms with E-state index in [9.17, 15) is 9.50 Å². The zero-order valence-electron chi connectivity index (χ0n) is 22.7. The number of nitrogens with one attached hydrogen (secondary N) is 1. The molecule has 4 fully saturated rings. The van der Waals surface area contributed by atoms with E-state index in [-0.39, 0.29) is 29.4 Å². The Kier molecular flexibility index (Phi) is 5.79. The second-order valence-electron chi connectivity index (χ2n) is 12.1. The van der Waals surface area contributed by atoms with Gasteiger partial charge in [-0.2, -0.15) is 9.97 Å². The average molecular weight is 559 g/mol. The minimum atomic E-state index is -0.867. The van der Waals surface area contributed by atoms with E-state index in [0.717, 1.165) is 45.3 Å². The molecule has 2 bridgehead atoms. The number of phenolic OH excluding ortho intramolecular Hbond substituents is 1. The van der Waals surface area contributed by atoms with Crippen molar-refractivity contribution in [1.82, 2.24) is 25.2 Å². The predicted molar refractivity (Wildman–Crippen MR) is 153 cm³/mol. The number of benzene rings is 2. The van der Waals surface area contributed by atoms with Gasteiger partial charge in [0.15, 0.2) is 5.82 Å². The van der Waals surface area contributed by atoms with Gasteiger partial charge in [-0.05, 0) is 56.5 Å². The molecule has 2 aromatic heterocycles. The van der Waals surface area contributed by atoms with Crippen molar-refractivity contribution in [2.24, 2.45) is 0 Å². The van der Waals surface area contributed by atoms with E-state index in [1.54, 1.807) is 24.4 Å². The molecular formula is C31H32F2N6O2. The minimum absolute atomic E-state index is 0.0341. The Balaban J connectivity index is 1.24. The summed E-state index contributed by atoms with van der Waals surface area (Å²) in [6.45, 7) is 3.11. The molecule has 2 aromatic carbocycles. The lowest BCUT2D eigenvalue weighted by molar-refractivity contribution is 0.107. The van der Waals surface area contributed by atoms with Crippen LogP contribution in [0.3, 0.4) is 0 Å². The summed E-state index contributed by atoms with van der Waals surface area (Å²) in [5, 5.41) is 15.4. The number of nitrogens with zero attached hydrogens (tertiary/aromatic N) is 5. The van der Waals surface area contributed by atoms with Gasteiger partial charge >= 0.3 is 6.01 Å². The molecular weight excluding hydrogens is 526 g/mol. The Morgan fingerprint density at radius 2 is 1.90 bits per heavy atom. The van der Waals surface area contributed by atoms with E-state index in [2.05, 4.69) is 25.1 Å². The molecule has 2 N–H and O–H groups in total. The Morgan fingerprint density at radius 1 is 1.05 bits per heavy atom. The second kappa shape index (κ2) is 9.46. The Hall–Kier alpha value is -3.63. The van der Waals surface area contributed by atoms with E-state index in [1.165, 1.54) is 6.07 Å². The maximum absolute atomic E-state index is 16.6. The lowest BCUT2D eigenvalue weighted by Crippen LogP contribution is -2.51. The van der Waals surface area contributed by atoms with Crippen LogP contribution in [0.4, 0.5) is 14.6 Å². The van der Waals surface area contributed by atoms with Gasteiger partial charge in [-0.25, -0.2) is 8.78 Å². The summed E-state index contributed by atoms with van der Waals surface area (Å²) in [5.74, 6) is 0.173. The third-order valence-electron chi connectivity index (χ3n) is 9.49. The highest BCUT2D eigenvalue weighted by atomic mass is 19.1. The van der Waals surface area contributed by atoms with Crippen molar-refractivity contribution in [3.8, 4) is 22.9 Å². The summed E-state index contributed by atoms with van der Waals surface area (Å²) in [4.78, 5) is 18.3. The van der Waals surface area contributed by atoms with Crippen LogP contribution < -0.4 is 15.0 Å². The van der Waals surface area contributed by atoms with E-state index < -0.39 is 12.0 Å². The lowest BCUT2D eigenvalue weighted by atomic mass is 9.95. The third kappa shape index (κ3) is 4.18. The van der Waals surface area contributed by atoms with Gasteiger partial charge in [-0.3, -0.25) is 9.88 Å². The van der Waals surface area contributed by atoms with Crippen LogP contribution in [0.15, 0.2) is 42.6 Å². The maximum Gasteiger partial charge on any atom is 0.319 e. The topological polar surface area (TPSA) is 86.6 Å². The van der Waals surface area contributed by atoms with Crippen LogP contribution in [-0.2, 0) is 0 Å². The Bertz CT molecular complexity index is 1660. The molecule has 6 heterocycles. The van der Waals surface area contributed by atoms with Crippen molar-refractivity contribution in [3.05, 3.63) is 48.4 Å². The number of fused-ring (bicyclic) bond motifs is 5. The number of hydrogen-bond donors (Lipinski definition) is 2. The fourth-order valence-electron chi connectivity index (χ4n) is 7.64. The summed E-state index contributed by atoms with van der Waals surface area (Å²) in [6, 6.07) is 11.2. The van der Waals surface area contributed by atoms with Crippen molar-refractivity contribution >= 4 is 27.6 Å². The fourth-order valence-corrected chi connectivity index (χ4v) is 7.64. The Labute approximate surface area is 236 Å². The van der Waals surface area contributed by atoms with E-state index in [4.69, 9.17) is 9.72 Å². The predicted octanol–water partition coefficient (Wildman–Crippen LogP) is 4.59. The molecule has 4 aliphatic heterocycles. The molecule has 4 aromatic rings. The number of pyridine rings is 1. The van der Waals surface area contributed by atoms with Crippen LogP contribution in [0.25, 0.3) is 32.9 Å². The van der Waals surface area contributed by atoms with E-state index in [1.807, 2.05) is 12.1 Å². The van der Waals surface area contributed by atoms with Crippen LogP contribution in [0.5, 0.6) is 11.8 Å². The first-order valence-electron chi connectivity index (χ1n) is 14.6. The zero-order valence-corrected chi connectivity index (χ0v) is 22.7. The van der Waals surface area contributed by atoms with Crippen LogP contribution in [0, 0.1) is 5.82 Å². The molecule has 212 valence electrons. The van der Waals surface area contributed by atoms with Crippen molar-refractivity contribution in [1.29, 1.82) is 0 Å². The van der Waals surface area contributed by atoms with Crippen molar-refractivity contribution in [2.45, 2.75) is 55.9 Å². The fraction of sp³-hybridized carbons (Fsp3) is 0.452. The molecule has 0 radical (unpaired) electrons. The molecule has 41 heavy (non-hydrogen) atoms. The van der Waals surface area contributed by atoms with Gasteiger partial charge in [0.25, 0.3) is 0 Å². The zero-order chi connectivity index (χ0) is 27.7. The van der Waals surface area contributed by atoms with Crippen molar-refractivity contribution < 1.29 is 18.6 Å². The second-order valence-corrected chi connectivity index (χ2v) is 12.1. The molecule has 8 rings (SSSR count). The number of alkyl halides is 1. The van der Waals surface area contributed by atoms with Crippen LogP contribution >= 0.6 is 0 Å². The van der Waals surface area contributed by atoms with Crippen LogP contribution in [0.2, 0.25) is 0 Å². The molecule has 8 nitrogen and oxygen atoms in total. The van der Waals surface area contributed by atoms with Crippen molar-refractivity contribution in [2.75, 3.05) is 37.7 Å². The minimum Gasteiger partial charge on any atom is -0.508 e. The number of phenols is 1. The van der Waals surface area contributed by atoms with Crippen LogP contribution in [0.1, 0.15) is 32.1 Å². The summed E-state index contributed by atoms with van der Waals surface area (Å²) in [7, 11) is 0. The standard InChI is InChI=1S/C31H32F2N6O2/c32-19-13-31(8-2-10-39(31)14-19)17-41-30-36-28-24(29(37-30)38-15-20-4-5-21(16-38)35-20)7-6-23(26(28)33)25-12-22(40)11-18-3-1-9-34-27(18)25/h1,3,6-7,9,11-12,19-21,35,40H,2,4-5,8,10,13-17H2. The van der Waals surface area contributed by atoms with Gasteiger partial charge in [0, 0.05) is 66.2 Å². The highest BCUT2D eigenvalue weighted by Gasteiger charge is 2.49. The molecule has 0 saturated carbocycles. The molecule has 0 aliphatic carbocycles. The quantitative estimate of drug-likeness (QED) is 0.368. The first-order valence-corrected chi connectivity index (χ1v) is 14.6. The highest BCUT2D eigenvalue weighted by molar-refractivity contribution is 5.99. The first-order chi connectivity index (χ1) is 20.0. The Morgan fingerprint density at radius 3 is 2.76 bits per heavy atom. The monoisotopic (exact) mass is 558 g/mol. The van der Waals surface area contributed by atoms with Gasteiger partial charge in [0.2, 0.25) is 0 Å². The number of rotatable bonds is 5. The summed E-state index contributed by atoms with van der Waals surface area (Å²) >= 11 is 0. The average Bonchev–Trinajstić information content (AvgIpc) is 3.61. The molecule has 0 spiro atoms. The number of aromatic hydroxyl groups is 1. The van der Waals surface area contributed by atoms with E-state index >= 15 is 4.39 Å². The van der Waals surface area contributed by atoms with Crippen molar-refractivity contribution in [3.63, 3.8) is 0 Å². The lowest BCUT2D eigenvalue weighted by Gasteiger charge is -2.34. The van der Waals surface area contributed by atoms with Gasteiger partial charge in [0.05, 0.1) is 11.1 Å². The molecule has 4 aliphatic rings. The number of piperazine rings is 1. The number of anilines is 1. The summed E-state index contributed by atoms with van der Waals surface area (Å²) in [6.07, 6.45) is 5.31. The normalized spacial score (nSPS) is 27.7.